The SMILES string of the molecule is CCOc1ccccc1OCCN(C)CC(N)=NO. The van der Waals surface area contributed by atoms with Crippen LogP contribution in [0.4, 0.5) is 0 Å². The van der Waals surface area contributed by atoms with Gasteiger partial charge in [0.1, 0.15) is 6.61 Å². The van der Waals surface area contributed by atoms with Crippen molar-refractivity contribution in [3.63, 3.8) is 0 Å². The fourth-order valence-corrected chi connectivity index (χ4v) is 1.54. The van der Waals surface area contributed by atoms with Gasteiger partial charge in [0.2, 0.25) is 0 Å². The van der Waals surface area contributed by atoms with Gasteiger partial charge in [-0.05, 0) is 26.1 Å². The zero-order valence-corrected chi connectivity index (χ0v) is 11.4. The third-order valence-corrected chi connectivity index (χ3v) is 2.44. The summed E-state index contributed by atoms with van der Waals surface area (Å²) >= 11 is 0. The summed E-state index contributed by atoms with van der Waals surface area (Å²) in [5.41, 5.74) is 5.42. The highest BCUT2D eigenvalue weighted by Gasteiger charge is 2.05. The molecule has 6 nitrogen and oxygen atoms in total. The van der Waals surface area contributed by atoms with Crippen molar-refractivity contribution in [2.24, 2.45) is 10.9 Å². The van der Waals surface area contributed by atoms with E-state index >= 15 is 0 Å². The van der Waals surface area contributed by atoms with Crippen molar-refractivity contribution in [3.05, 3.63) is 24.3 Å². The number of oxime groups is 1. The second kappa shape index (κ2) is 8.20. The van der Waals surface area contributed by atoms with Gasteiger partial charge in [-0.2, -0.15) is 0 Å². The Balaban J connectivity index is 2.40. The molecule has 19 heavy (non-hydrogen) atoms. The molecule has 106 valence electrons. The summed E-state index contributed by atoms with van der Waals surface area (Å²) in [6, 6.07) is 7.55. The second-order valence-corrected chi connectivity index (χ2v) is 4.06. The summed E-state index contributed by atoms with van der Waals surface area (Å²) in [7, 11) is 1.87. The maximum Gasteiger partial charge on any atom is 0.161 e. The first kappa shape index (κ1) is 15.1. The van der Waals surface area contributed by atoms with Crippen molar-refractivity contribution < 1.29 is 14.7 Å². The lowest BCUT2D eigenvalue weighted by molar-refractivity contribution is 0.236. The lowest BCUT2D eigenvalue weighted by Crippen LogP contribution is -2.33. The van der Waals surface area contributed by atoms with E-state index in [1.54, 1.807) is 0 Å². The molecule has 1 rings (SSSR count). The monoisotopic (exact) mass is 267 g/mol. The van der Waals surface area contributed by atoms with Gasteiger partial charge in [0, 0.05) is 6.54 Å². The minimum Gasteiger partial charge on any atom is -0.490 e. The third-order valence-electron chi connectivity index (χ3n) is 2.44. The number of amidine groups is 1. The molecule has 0 bridgehead atoms. The maximum absolute atomic E-state index is 8.47. The number of nitrogens with zero attached hydrogens (tertiary/aromatic N) is 2. The molecule has 3 N–H and O–H groups in total. The van der Waals surface area contributed by atoms with E-state index in [0.717, 1.165) is 11.5 Å². The summed E-state index contributed by atoms with van der Waals surface area (Å²) in [6.07, 6.45) is 0. The Bertz CT molecular complexity index is 410. The number of hydrogen-bond donors (Lipinski definition) is 2. The van der Waals surface area contributed by atoms with Crippen LogP contribution in [0.2, 0.25) is 0 Å². The summed E-state index contributed by atoms with van der Waals surface area (Å²) in [4.78, 5) is 1.90. The lowest BCUT2D eigenvalue weighted by Gasteiger charge is -2.17. The van der Waals surface area contributed by atoms with Gasteiger partial charge in [-0.25, -0.2) is 0 Å². The van der Waals surface area contributed by atoms with Gasteiger partial charge >= 0.3 is 0 Å². The van der Waals surface area contributed by atoms with Gasteiger partial charge in [0.25, 0.3) is 0 Å². The van der Waals surface area contributed by atoms with Gasteiger partial charge in [-0.3, -0.25) is 4.90 Å². The van der Waals surface area contributed by atoms with Crippen LogP contribution in [0.25, 0.3) is 0 Å². The highest BCUT2D eigenvalue weighted by Crippen LogP contribution is 2.26. The molecular formula is C13H21N3O3. The molecule has 0 aliphatic carbocycles. The van der Waals surface area contributed by atoms with Crippen LogP contribution in [0, 0.1) is 0 Å². The molecule has 0 aromatic heterocycles. The minimum atomic E-state index is 0.178. The van der Waals surface area contributed by atoms with E-state index in [2.05, 4.69) is 5.16 Å². The number of nitrogens with two attached hydrogens (primary N) is 1. The van der Waals surface area contributed by atoms with Gasteiger partial charge in [-0.15, -0.1) is 0 Å². The Kier molecular flexibility index (Phi) is 6.52. The van der Waals surface area contributed by atoms with Crippen molar-refractivity contribution in [2.45, 2.75) is 6.92 Å². The van der Waals surface area contributed by atoms with Crippen LogP contribution in [-0.4, -0.2) is 49.3 Å². The van der Waals surface area contributed by atoms with Gasteiger partial charge < -0.3 is 20.4 Å². The normalized spacial score (nSPS) is 11.6. The smallest absolute Gasteiger partial charge is 0.161 e. The highest BCUT2D eigenvalue weighted by molar-refractivity contribution is 5.81. The highest BCUT2D eigenvalue weighted by atomic mass is 16.5. The Labute approximate surface area is 113 Å². The predicted molar refractivity (Wildman–Crippen MR) is 74.0 cm³/mol. The zero-order valence-electron chi connectivity index (χ0n) is 11.4. The first-order valence-corrected chi connectivity index (χ1v) is 6.17. The van der Waals surface area contributed by atoms with Crippen molar-refractivity contribution in [2.75, 3.05) is 33.4 Å². The average Bonchev–Trinajstić information content (AvgIpc) is 2.41. The van der Waals surface area contributed by atoms with E-state index < -0.39 is 0 Å². The van der Waals surface area contributed by atoms with E-state index in [9.17, 15) is 0 Å². The molecule has 0 atom stereocenters. The lowest BCUT2D eigenvalue weighted by atomic mass is 10.3. The molecule has 0 saturated carbocycles. The van der Waals surface area contributed by atoms with Gasteiger partial charge in [-0.1, -0.05) is 17.3 Å². The predicted octanol–water partition coefficient (Wildman–Crippen LogP) is 1.14. The summed E-state index contributed by atoms with van der Waals surface area (Å²) < 4.78 is 11.1. The van der Waals surface area contributed by atoms with Crippen LogP contribution in [0.15, 0.2) is 29.4 Å². The quantitative estimate of drug-likeness (QED) is 0.319. The molecule has 0 saturated heterocycles. The summed E-state index contributed by atoms with van der Waals surface area (Å²) in [5, 5.41) is 11.4. The largest absolute Gasteiger partial charge is 0.490 e. The van der Waals surface area contributed by atoms with Gasteiger partial charge in [0.15, 0.2) is 17.3 Å². The molecule has 1 aromatic carbocycles. The molecule has 0 heterocycles. The van der Waals surface area contributed by atoms with Gasteiger partial charge in [0.05, 0.1) is 13.2 Å². The number of ether oxygens (including phenoxy) is 2. The van der Waals surface area contributed by atoms with Crippen LogP contribution >= 0.6 is 0 Å². The van der Waals surface area contributed by atoms with Crippen LogP contribution in [-0.2, 0) is 0 Å². The molecular weight excluding hydrogens is 246 g/mol. The van der Waals surface area contributed by atoms with Crippen LogP contribution in [0.5, 0.6) is 11.5 Å². The number of para-hydroxylation sites is 2. The molecule has 0 unspecified atom stereocenters. The number of benzene rings is 1. The topological polar surface area (TPSA) is 80.3 Å². The molecule has 6 heteroatoms. The Morgan fingerprint density at radius 3 is 2.53 bits per heavy atom. The standard InChI is InChI=1S/C13H21N3O3/c1-3-18-11-6-4-5-7-12(11)19-9-8-16(2)10-13(14)15-17/h4-7,17H,3,8-10H2,1-2H3,(H2,14,15). The Morgan fingerprint density at radius 2 is 1.95 bits per heavy atom. The van der Waals surface area contributed by atoms with Crippen molar-refractivity contribution in [3.8, 4) is 11.5 Å². The molecule has 0 aliphatic rings. The molecule has 0 spiro atoms. The van der Waals surface area contributed by atoms with E-state index in [-0.39, 0.29) is 5.84 Å². The van der Waals surface area contributed by atoms with Crippen LogP contribution < -0.4 is 15.2 Å². The van der Waals surface area contributed by atoms with Crippen molar-refractivity contribution in [1.82, 2.24) is 4.90 Å². The van der Waals surface area contributed by atoms with E-state index in [1.165, 1.54) is 0 Å². The Hall–Kier alpha value is -1.95. The number of likely N-dealkylation sites (N-methyl/N-ethyl adjacent to an activating group) is 1. The maximum atomic E-state index is 8.47. The molecule has 0 radical (unpaired) electrons. The first-order chi connectivity index (χ1) is 9.17. The number of hydrogen-bond acceptors (Lipinski definition) is 5. The number of rotatable bonds is 8. The molecule has 1 aromatic rings. The molecule has 0 amide bonds. The summed E-state index contributed by atoms with van der Waals surface area (Å²) in [5.74, 6) is 1.64. The van der Waals surface area contributed by atoms with Crippen molar-refractivity contribution >= 4 is 5.84 Å². The fourth-order valence-electron chi connectivity index (χ4n) is 1.54. The van der Waals surface area contributed by atoms with Crippen LogP contribution in [0.3, 0.4) is 0 Å². The Morgan fingerprint density at radius 1 is 1.32 bits per heavy atom. The minimum absolute atomic E-state index is 0.178. The second-order valence-electron chi connectivity index (χ2n) is 4.06. The van der Waals surface area contributed by atoms with E-state index in [0.29, 0.717) is 26.3 Å². The zero-order chi connectivity index (χ0) is 14.1. The van der Waals surface area contributed by atoms with E-state index in [1.807, 2.05) is 43.1 Å². The van der Waals surface area contributed by atoms with Crippen molar-refractivity contribution in [1.29, 1.82) is 0 Å². The first-order valence-electron chi connectivity index (χ1n) is 6.17. The van der Waals surface area contributed by atoms with E-state index in [4.69, 9.17) is 20.4 Å². The fraction of sp³-hybridized carbons (Fsp3) is 0.462. The third kappa shape index (κ3) is 5.48. The summed E-state index contributed by atoms with van der Waals surface area (Å²) in [6.45, 7) is 4.09. The molecule has 0 aliphatic heterocycles. The molecule has 0 fully saturated rings. The van der Waals surface area contributed by atoms with Crippen LogP contribution in [0.1, 0.15) is 6.92 Å². The average molecular weight is 267 g/mol.